The van der Waals surface area contributed by atoms with E-state index in [-0.39, 0.29) is 17.9 Å². The van der Waals surface area contributed by atoms with Gasteiger partial charge >= 0.3 is 0 Å². The zero-order chi connectivity index (χ0) is 22.0. The highest BCUT2D eigenvalue weighted by Gasteiger charge is 2.28. The van der Waals surface area contributed by atoms with Crippen LogP contribution >= 0.6 is 0 Å². The number of nitrogens with one attached hydrogen (secondary N) is 1. The average molecular weight is 418 g/mol. The van der Waals surface area contributed by atoms with Crippen molar-refractivity contribution >= 4 is 22.9 Å². The van der Waals surface area contributed by atoms with Crippen molar-refractivity contribution < 1.29 is 19.0 Å². The third-order valence-electron chi connectivity index (χ3n) is 5.28. The second-order valence-corrected chi connectivity index (χ2v) is 8.47. The number of amides is 1. The van der Waals surface area contributed by atoms with Crippen molar-refractivity contribution in [2.45, 2.75) is 32.3 Å². The Morgan fingerprint density at radius 2 is 1.94 bits per heavy atom. The first-order valence-corrected chi connectivity index (χ1v) is 10.2. The van der Waals surface area contributed by atoms with Crippen LogP contribution in [0.5, 0.6) is 17.2 Å². The maximum Gasteiger partial charge on any atom is 0.284 e. The highest BCUT2D eigenvalue weighted by molar-refractivity contribution is 6.02. The van der Waals surface area contributed by atoms with Gasteiger partial charge in [0, 0.05) is 5.56 Å². The molecule has 3 aromatic carbocycles. The Morgan fingerprint density at radius 3 is 2.71 bits per heavy atom. The molecule has 0 radical (unpaired) electrons. The van der Waals surface area contributed by atoms with Gasteiger partial charge in [0.05, 0.1) is 13.3 Å². The fraction of sp³-hybridized carbons (Fsp3) is 0.280. The van der Waals surface area contributed by atoms with E-state index in [1.807, 2.05) is 54.6 Å². The predicted octanol–water partition coefficient (Wildman–Crippen LogP) is 4.44. The molecule has 0 saturated carbocycles. The zero-order valence-corrected chi connectivity index (χ0v) is 18.1. The molecule has 0 aliphatic carbocycles. The monoisotopic (exact) mass is 418 g/mol. The molecule has 1 amide bonds. The number of hydrazone groups is 1. The van der Waals surface area contributed by atoms with Crippen LogP contribution in [0.1, 0.15) is 31.9 Å². The summed E-state index contributed by atoms with van der Waals surface area (Å²) in [5.74, 6) is 1.51. The average Bonchev–Trinajstić information content (AvgIpc) is 2.77. The summed E-state index contributed by atoms with van der Waals surface area (Å²) in [7, 11) is 1.61. The highest BCUT2D eigenvalue weighted by atomic mass is 16.6. The van der Waals surface area contributed by atoms with Gasteiger partial charge in [0.2, 0.25) is 6.10 Å². The van der Waals surface area contributed by atoms with Gasteiger partial charge in [-0.15, -0.1) is 0 Å². The van der Waals surface area contributed by atoms with Crippen LogP contribution in [-0.4, -0.2) is 31.9 Å². The van der Waals surface area contributed by atoms with E-state index in [0.29, 0.717) is 17.2 Å². The van der Waals surface area contributed by atoms with Crippen LogP contribution < -0.4 is 19.6 Å². The lowest BCUT2D eigenvalue weighted by atomic mass is 9.87. The summed E-state index contributed by atoms with van der Waals surface area (Å²) in [4.78, 5) is 12.6. The second-order valence-electron chi connectivity index (χ2n) is 8.47. The molecule has 0 fully saturated rings. The number of rotatable bonds is 4. The van der Waals surface area contributed by atoms with Gasteiger partial charge in [-0.2, -0.15) is 5.10 Å². The molecule has 0 saturated heterocycles. The van der Waals surface area contributed by atoms with Crippen LogP contribution in [0.4, 0.5) is 0 Å². The van der Waals surface area contributed by atoms with E-state index < -0.39 is 6.10 Å². The molecule has 6 nitrogen and oxygen atoms in total. The van der Waals surface area contributed by atoms with Crippen molar-refractivity contribution in [3.63, 3.8) is 0 Å². The molecule has 0 spiro atoms. The maximum absolute atomic E-state index is 12.6. The Bertz CT molecular complexity index is 1150. The number of carbonyl (C=O) groups is 1. The normalized spacial score (nSPS) is 15.8. The van der Waals surface area contributed by atoms with Crippen LogP contribution in [0.3, 0.4) is 0 Å². The van der Waals surface area contributed by atoms with Gasteiger partial charge in [-0.05, 0) is 39.9 Å². The Morgan fingerprint density at radius 1 is 1.13 bits per heavy atom. The summed E-state index contributed by atoms with van der Waals surface area (Å²) >= 11 is 0. The first-order valence-electron chi connectivity index (χ1n) is 10.2. The topological polar surface area (TPSA) is 69.2 Å². The first kappa shape index (κ1) is 20.7. The van der Waals surface area contributed by atoms with Crippen LogP contribution in [0.25, 0.3) is 10.8 Å². The van der Waals surface area contributed by atoms with Crippen molar-refractivity contribution in [1.82, 2.24) is 5.43 Å². The number of ether oxygens (including phenoxy) is 3. The fourth-order valence-electron chi connectivity index (χ4n) is 3.49. The lowest BCUT2D eigenvalue weighted by Gasteiger charge is -2.27. The van der Waals surface area contributed by atoms with Gasteiger partial charge in [-0.3, -0.25) is 4.79 Å². The molecule has 0 aromatic heterocycles. The summed E-state index contributed by atoms with van der Waals surface area (Å²) in [5.41, 5.74) is 4.43. The van der Waals surface area contributed by atoms with Crippen LogP contribution in [0.2, 0.25) is 0 Å². The number of hydrogen-bond donors (Lipinski definition) is 1. The molecular formula is C25H26N2O4. The number of hydrogen-bond acceptors (Lipinski definition) is 5. The molecule has 0 bridgehead atoms. The molecule has 1 aliphatic rings. The molecule has 31 heavy (non-hydrogen) atoms. The molecule has 6 heteroatoms. The summed E-state index contributed by atoms with van der Waals surface area (Å²) in [5, 5.41) is 6.20. The number of methoxy groups -OCH3 is 1. The summed E-state index contributed by atoms with van der Waals surface area (Å²) in [6, 6.07) is 17.6. The summed E-state index contributed by atoms with van der Waals surface area (Å²) in [6.45, 7) is 6.50. The number of fused-ring (bicyclic) bond motifs is 2. The molecule has 1 N–H and O–H groups in total. The third kappa shape index (κ3) is 4.33. The van der Waals surface area contributed by atoms with Crippen LogP contribution in [-0.2, 0) is 10.2 Å². The molecule has 1 unspecified atom stereocenters. The molecule has 3 aromatic rings. The lowest BCUT2D eigenvalue weighted by Crippen LogP contribution is -2.42. The van der Waals surface area contributed by atoms with E-state index in [1.165, 1.54) is 0 Å². The van der Waals surface area contributed by atoms with Crippen molar-refractivity contribution in [3.05, 3.63) is 65.7 Å². The van der Waals surface area contributed by atoms with E-state index in [4.69, 9.17) is 14.2 Å². The van der Waals surface area contributed by atoms with Gasteiger partial charge in [-0.1, -0.05) is 57.2 Å². The highest BCUT2D eigenvalue weighted by Crippen LogP contribution is 2.36. The van der Waals surface area contributed by atoms with Crippen molar-refractivity contribution in [3.8, 4) is 17.2 Å². The van der Waals surface area contributed by atoms with E-state index in [0.717, 1.165) is 21.9 Å². The Balaban J connectivity index is 1.49. The first-order chi connectivity index (χ1) is 14.9. The summed E-state index contributed by atoms with van der Waals surface area (Å²) in [6.07, 6.45) is 0.809. The van der Waals surface area contributed by atoms with E-state index in [9.17, 15) is 4.79 Å². The van der Waals surface area contributed by atoms with Crippen molar-refractivity contribution in [2.24, 2.45) is 5.10 Å². The minimum atomic E-state index is -0.783. The second kappa shape index (κ2) is 8.30. The van der Waals surface area contributed by atoms with Gasteiger partial charge < -0.3 is 14.2 Å². The Hall–Kier alpha value is -3.54. The molecule has 1 aliphatic heterocycles. The Labute approximate surface area is 181 Å². The van der Waals surface area contributed by atoms with Crippen LogP contribution in [0, 0.1) is 0 Å². The molecule has 160 valence electrons. The van der Waals surface area contributed by atoms with Gasteiger partial charge in [-0.25, -0.2) is 5.43 Å². The zero-order valence-electron chi connectivity index (χ0n) is 18.1. The molecule has 1 atom stereocenters. The number of carbonyl (C=O) groups excluding carboxylic acids is 1. The maximum atomic E-state index is 12.6. The van der Waals surface area contributed by atoms with Gasteiger partial charge in [0.25, 0.3) is 5.91 Å². The molecular weight excluding hydrogens is 392 g/mol. The largest absolute Gasteiger partial charge is 0.496 e. The number of benzene rings is 3. The smallest absolute Gasteiger partial charge is 0.284 e. The van der Waals surface area contributed by atoms with E-state index in [1.54, 1.807) is 13.3 Å². The molecule has 4 rings (SSSR count). The third-order valence-corrected chi connectivity index (χ3v) is 5.28. The Kier molecular flexibility index (Phi) is 5.55. The van der Waals surface area contributed by atoms with Gasteiger partial charge in [0.15, 0.2) is 11.5 Å². The van der Waals surface area contributed by atoms with E-state index >= 15 is 0 Å². The molecule has 1 heterocycles. The van der Waals surface area contributed by atoms with Crippen LogP contribution in [0.15, 0.2) is 59.7 Å². The standard InChI is InChI=1S/C25H26N2O4/c1-25(2,3)17-10-12-21-22(13-17)31-23(15-30-21)24(28)27-26-14-19-18-8-6-5-7-16(18)9-11-20(19)29-4/h5-14,23H,15H2,1-4H3,(H,27,28)/b26-14-. The fourth-order valence-corrected chi connectivity index (χ4v) is 3.49. The minimum absolute atomic E-state index is 0.0323. The lowest BCUT2D eigenvalue weighted by molar-refractivity contribution is -0.130. The van der Waals surface area contributed by atoms with Crippen molar-refractivity contribution in [2.75, 3.05) is 13.7 Å². The SMILES string of the molecule is COc1ccc2ccccc2c1/C=N\NC(=O)C1COc2ccc(C(C)(C)C)cc2O1. The van der Waals surface area contributed by atoms with Crippen molar-refractivity contribution in [1.29, 1.82) is 0 Å². The quantitative estimate of drug-likeness (QED) is 0.503. The minimum Gasteiger partial charge on any atom is -0.496 e. The van der Waals surface area contributed by atoms with E-state index in [2.05, 4.69) is 31.3 Å². The predicted molar refractivity (Wildman–Crippen MR) is 121 cm³/mol. The van der Waals surface area contributed by atoms with Gasteiger partial charge in [0.1, 0.15) is 12.4 Å². The number of nitrogens with zero attached hydrogens (tertiary/aromatic N) is 1. The summed E-state index contributed by atoms with van der Waals surface area (Å²) < 4.78 is 17.1.